The van der Waals surface area contributed by atoms with E-state index in [9.17, 15) is 18.3 Å². The highest BCUT2D eigenvalue weighted by Crippen LogP contribution is 2.36. The van der Waals surface area contributed by atoms with E-state index in [1.807, 2.05) is 0 Å². The summed E-state index contributed by atoms with van der Waals surface area (Å²) in [6.07, 6.45) is -0.326. The number of rotatable bonds is 5. The second-order valence-electron chi connectivity index (χ2n) is 4.81. The van der Waals surface area contributed by atoms with Crippen molar-refractivity contribution in [2.45, 2.75) is 23.1 Å². The van der Waals surface area contributed by atoms with Crippen LogP contribution in [-0.2, 0) is 6.54 Å². The molecule has 1 aromatic rings. The van der Waals surface area contributed by atoms with Gasteiger partial charge in [-0.3, -0.25) is 0 Å². The second-order valence-corrected chi connectivity index (χ2v) is 5.95. The van der Waals surface area contributed by atoms with E-state index < -0.39 is 5.51 Å². The van der Waals surface area contributed by atoms with Crippen molar-refractivity contribution in [3.63, 3.8) is 0 Å². The molecule has 0 spiro atoms. The fourth-order valence-electron chi connectivity index (χ4n) is 2.14. The van der Waals surface area contributed by atoms with Crippen molar-refractivity contribution in [1.29, 1.82) is 0 Å². The van der Waals surface area contributed by atoms with Gasteiger partial charge in [0.2, 0.25) is 0 Å². The summed E-state index contributed by atoms with van der Waals surface area (Å²) >= 11 is -0.108. The number of hydrogen-bond donors (Lipinski definition) is 3. The Morgan fingerprint density at radius 3 is 2.50 bits per heavy atom. The number of aliphatic hydroxyl groups excluding tert-OH is 1. The average Bonchev–Trinajstić information content (AvgIpc) is 2.76. The molecular formula is C13H17F3N2OS. The number of hydrogen-bond acceptors (Lipinski definition) is 4. The number of nitrogens with one attached hydrogen (secondary N) is 2. The molecule has 1 aliphatic rings. The van der Waals surface area contributed by atoms with Gasteiger partial charge in [-0.1, -0.05) is 12.1 Å². The fraction of sp³-hybridized carbons (Fsp3) is 0.538. The molecule has 0 aromatic heterocycles. The maximum absolute atomic E-state index is 12.2. The van der Waals surface area contributed by atoms with Gasteiger partial charge < -0.3 is 15.7 Å². The zero-order valence-electron chi connectivity index (χ0n) is 10.8. The third kappa shape index (κ3) is 4.97. The van der Waals surface area contributed by atoms with Crippen molar-refractivity contribution < 1.29 is 18.3 Å². The van der Waals surface area contributed by atoms with Crippen molar-refractivity contribution in [3.05, 3.63) is 29.8 Å². The predicted molar refractivity (Wildman–Crippen MR) is 72.4 cm³/mol. The SMILES string of the molecule is OC1CNCC1CNCc1ccc(SC(F)(F)F)cc1. The highest BCUT2D eigenvalue weighted by molar-refractivity contribution is 8.00. The molecule has 20 heavy (non-hydrogen) atoms. The van der Waals surface area contributed by atoms with Crippen LogP contribution < -0.4 is 10.6 Å². The molecular weight excluding hydrogens is 289 g/mol. The third-order valence-electron chi connectivity index (χ3n) is 3.20. The number of thioether (sulfide) groups is 1. The zero-order valence-corrected chi connectivity index (χ0v) is 11.6. The Bertz CT molecular complexity index is 425. The monoisotopic (exact) mass is 306 g/mol. The fourth-order valence-corrected chi connectivity index (χ4v) is 2.68. The molecule has 1 aromatic carbocycles. The molecule has 7 heteroatoms. The van der Waals surface area contributed by atoms with Crippen molar-refractivity contribution in [1.82, 2.24) is 10.6 Å². The topological polar surface area (TPSA) is 44.3 Å². The summed E-state index contributed by atoms with van der Waals surface area (Å²) in [5.74, 6) is 0.190. The van der Waals surface area contributed by atoms with Crippen molar-refractivity contribution in [3.8, 4) is 0 Å². The lowest BCUT2D eigenvalue weighted by Crippen LogP contribution is -2.30. The standard InChI is InChI=1S/C13H17F3N2OS/c14-13(15,16)20-11-3-1-9(2-4-11)5-17-6-10-7-18-8-12(10)19/h1-4,10,12,17-19H,5-8H2. The average molecular weight is 306 g/mol. The Morgan fingerprint density at radius 1 is 1.25 bits per heavy atom. The summed E-state index contributed by atoms with van der Waals surface area (Å²) < 4.78 is 36.5. The Labute approximate surface area is 119 Å². The third-order valence-corrected chi connectivity index (χ3v) is 3.94. The van der Waals surface area contributed by atoms with Crippen molar-refractivity contribution >= 4 is 11.8 Å². The number of benzene rings is 1. The van der Waals surface area contributed by atoms with Crippen LogP contribution in [0.25, 0.3) is 0 Å². The van der Waals surface area contributed by atoms with Crippen LogP contribution in [0.4, 0.5) is 13.2 Å². The molecule has 2 unspecified atom stereocenters. The van der Waals surface area contributed by atoms with E-state index in [0.717, 1.165) is 12.1 Å². The summed E-state index contributed by atoms with van der Waals surface area (Å²) in [7, 11) is 0. The lowest BCUT2D eigenvalue weighted by Gasteiger charge is -2.14. The number of β-amino-alcohol motifs (C(OH)–C–C–N with tert-alkyl or cyclic N) is 1. The molecule has 2 atom stereocenters. The largest absolute Gasteiger partial charge is 0.446 e. The van der Waals surface area contributed by atoms with Gasteiger partial charge in [-0.2, -0.15) is 13.2 Å². The van der Waals surface area contributed by atoms with Gasteiger partial charge in [0, 0.05) is 37.0 Å². The van der Waals surface area contributed by atoms with E-state index >= 15 is 0 Å². The molecule has 0 amide bonds. The summed E-state index contributed by atoms with van der Waals surface area (Å²) in [5.41, 5.74) is -3.32. The predicted octanol–water partition coefficient (Wildman–Crippen LogP) is 1.97. The summed E-state index contributed by atoms with van der Waals surface area (Å²) in [5, 5.41) is 15.9. The molecule has 1 fully saturated rings. The molecule has 1 heterocycles. The van der Waals surface area contributed by atoms with Crippen molar-refractivity contribution in [2.75, 3.05) is 19.6 Å². The first kappa shape index (κ1) is 15.6. The molecule has 2 rings (SSSR count). The van der Waals surface area contributed by atoms with E-state index in [4.69, 9.17) is 0 Å². The van der Waals surface area contributed by atoms with E-state index in [2.05, 4.69) is 10.6 Å². The minimum Gasteiger partial charge on any atom is -0.391 e. The first-order valence-electron chi connectivity index (χ1n) is 6.38. The van der Waals surface area contributed by atoms with Gasteiger partial charge in [0.05, 0.1) is 6.10 Å². The van der Waals surface area contributed by atoms with Gasteiger partial charge >= 0.3 is 5.51 Å². The molecule has 0 radical (unpaired) electrons. The van der Waals surface area contributed by atoms with E-state index in [1.54, 1.807) is 12.1 Å². The van der Waals surface area contributed by atoms with Gasteiger partial charge in [-0.15, -0.1) is 0 Å². The first-order valence-corrected chi connectivity index (χ1v) is 7.20. The van der Waals surface area contributed by atoms with Crippen LogP contribution in [0, 0.1) is 5.92 Å². The maximum Gasteiger partial charge on any atom is 0.446 e. The van der Waals surface area contributed by atoms with E-state index in [0.29, 0.717) is 19.6 Å². The van der Waals surface area contributed by atoms with Crippen LogP contribution in [0.15, 0.2) is 29.2 Å². The Balaban J connectivity index is 1.76. The summed E-state index contributed by atoms with van der Waals surface area (Å²) in [6, 6.07) is 6.32. The lowest BCUT2D eigenvalue weighted by molar-refractivity contribution is -0.0328. The Morgan fingerprint density at radius 2 is 1.95 bits per heavy atom. The highest BCUT2D eigenvalue weighted by Gasteiger charge is 2.29. The van der Waals surface area contributed by atoms with Crippen LogP contribution in [-0.4, -0.2) is 36.4 Å². The molecule has 1 aliphatic heterocycles. The molecule has 0 bridgehead atoms. The van der Waals surface area contributed by atoms with E-state index in [-0.39, 0.29) is 28.7 Å². The molecule has 0 aliphatic carbocycles. The Hall–Kier alpha value is -0.760. The van der Waals surface area contributed by atoms with Gasteiger partial charge in [-0.05, 0) is 29.5 Å². The molecule has 112 valence electrons. The van der Waals surface area contributed by atoms with Gasteiger partial charge in [-0.25, -0.2) is 0 Å². The molecule has 3 N–H and O–H groups in total. The van der Waals surface area contributed by atoms with Crippen molar-refractivity contribution in [2.24, 2.45) is 5.92 Å². The lowest BCUT2D eigenvalue weighted by atomic mass is 10.1. The minimum atomic E-state index is -4.24. The smallest absolute Gasteiger partial charge is 0.391 e. The van der Waals surface area contributed by atoms with Crippen LogP contribution in [0.5, 0.6) is 0 Å². The van der Waals surface area contributed by atoms with Crippen LogP contribution >= 0.6 is 11.8 Å². The minimum absolute atomic E-state index is 0.108. The summed E-state index contributed by atoms with van der Waals surface area (Å²) in [4.78, 5) is 0.191. The number of halogens is 3. The van der Waals surface area contributed by atoms with Crippen LogP contribution in [0.2, 0.25) is 0 Å². The van der Waals surface area contributed by atoms with Gasteiger partial charge in [0.15, 0.2) is 0 Å². The van der Waals surface area contributed by atoms with Crippen LogP contribution in [0.3, 0.4) is 0 Å². The highest BCUT2D eigenvalue weighted by atomic mass is 32.2. The second kappa shape index (κ2) is 6.80. The van der Waals surface area contributed by atoms with Crippen LogP contribution in [0.1, 0.15) is 5.56 Å². The normalized spacial score (nSPS) is 23.2. The zero-order chi connectivity index (χ0) is 14.6. The van der Waals surface area contributed by atoms with E-state index in [1.165, 1.54) is 12.1 Å². The quantitative estimate of drug-likeness (QED) is 0.728. The van der Waals surface area contributed by atoms with Gasteiger partial charge in [0.1, 0.15) is 0 Å². The number of alkyl halides is 3. The Kier molecular flexibility index (Phi) is 5.31. The number of aliphatic hydroxyl groups is 1. The molecule has 0 saturated carbocycles. The first-order chi connectivity index (χ1) is 9.44. The summed E-state index contributed by atoms with van der Waals surface area (Å²) in [6.45, 7) is 2.68. The van der Waals surface area contributed by atoms with Gasteiger partial charge in [0.25, 0.3) is 0 Å². The maximum atomic E-state index is 12.2. The molecule has 3 nitrogen and oxygen atoms in total. The molecule has 1 saturated heterocycles.